The second-order valence-corrected chi connectivity index (χ2v) is 9.54. The number of anilines is 1. The molecule has 0 fully saturated rings. The van der Waals surface area contributed by atoms with E-state index >= 15 is 0 Å². The van der Waals surface area contributed by atoms with Crippen molar-refractivity contribution in [2.24, 2.45) is 0 Å². The van der Waals surface area contributed by atoms with Crippen LogP contribution in [0.3, 0.4) is 0 Å². The molecule has 0 aliphatic carbocycles. The Morgan fingerprint density at radius 2 is 1.62 bits per heavy atom. The lowest BCUT2D eigenvalue weighted by atomic mass is 10.2. The van der Waals surface area contributed by atoms with Crippen molar-refractivity contribution in [3.8, 4) is 5.75 Å². The SMILES string of the molecule is COc1ccccc1CN(C)C(=O)CN(c1cccc(Cl)c1C)S(=O)(=O)c1ccccc1. The van der Waals surface area contributed by atoms with Gasteiger partial charge in [-0.25, -0.2) is 8.42 Å². The van der Waals surface area contributed by atoms with Gasteiger partial charge in [-0.3, -0.25) is 9.10 Å². The lowest BCUT2D eigenvalue weighted by Crippen LogP contribution is -2.41. The Morgan fingerprint density at radius 3 is 2.31 bits per heavy atom. The number of amides is 1. The van der Waals surface area contributed by atoms with E-state index in [0.717, 1.165) is 9.87 Å². The van der Waals surface area contributed by atoms with E-state index in [1.54, 1.807) is 57.5 Å². The maximum absolute atomic E-state index is 13.5. The van der Waals surface area contributed by atoms with Crippen molar-refractivity contribution in [3.63, 3.8) is 0 Å². The second kappa shape index (κ2) is 10.1. The summed E-state index contributed by atoms with van der Waals surface area (Å²) in [5.41, 5.74) is 1.76. The number of hydrogen-bond acceptors (Lipinski definition) is 4. The predicted octanol–water partition coefficient (Wildman–Crippen LogP) is 4.51. The Labute approximate surface area is 194 Å². The van der Waals surface area contributed by atoms with Crippen LogP contribution < -0.4 is 9.04 Å². The molecular formula is C24H25ClN2O4S. The number of ether oxygens (including phenoxy) is 1. The lowest BCUT2D eigenvalue weighted by molar-refractivity contribution is -0.128. The van der Waals surface area contributed by atoms with Crippen LogP contribution in [0.5, 0.6) is 5.75 Å². The Bertz CT molecular complexity index is 1200. The first-order valence-corrected chi connectivity index (χ1v) is 11.8. The number of hydrogen-bond donors (Lipinski definition) is 0. The van der Waals surface area contributed by atoms with E-state index in [1.807, 2.05) is 24.3 Å². The van der Waals surface area contributed by atoms with Gasteiger partial charge in [-0.15, -0.1) is 0 Å². The van der Waals surface area contributed by atoms with Gasteiger partial charge < -0.3 is 9.64 Å². The fraction of sp³-hybridized carbons (Fsp3) is 0.208. The number of halogens is 1. The van der Waals surface area contributed by atoms with Crippen molar-refractivity contribution in [1.82, 2.24) is 4.90 Å². The zero-order chi connectivity index (χ0) is 23.3. The Kier molecular flexibility index (Phi) is 7.43. The van der Waals surface area contributed by atoms with Crippen LogP contribution in [0.2, 0.25) is 5.02 Å². The van der Waals surface area contributed by atoms with E-state index in [4.69, 9.17) is 16.3 Å². The topological polar surface area (TPSA) is 66.9 Å². The van der Waals surface area contributed by atoms with Gasteiger partial charge in [-0.1, -0.05) is 54.1 Å². The van der Waals surface area contributed by atoms with Crippen LogP contribution >= 0.6 is 11.6 Å². The quantitative estimate of drug-likeness (QED) is 0.483. The summed E-state index contributed by atoms with van der Waals surface area (Å²) in [6, 6.07) is 20.4. The van der Waals surface area contributed by atoms with Crippen molar-refractivity contribution in [2.45, 2.75) is 18.4 Å². The third kappa shape index (κ3) is 5.06. The van der Waals surface area contributed by atoms with E-state index in [9.17, 15) is 13.2 Å². The standard InChI is InChI=1S/C24H25ClN2O4S/c1-18-21(25)13-9-14-22(18)27(32(29,30)20-11-5-4-6-12-20)17-24(28)26(2)16-19-10-7-8-15-23(19)31-3/h4-15H,16-17H2,1-3H3. The highest BCUT2D eigenvalue weighted by atomic mass is 35.5. The number of methoxy groups -OCH3 is 1. The van der Waals surface area contributed by atoms with Gasteiger partial charge in [-0.05, 0) is 42.8 Å². The average Bonchev–Trinajstić information content (AvgIpc) is 2.80. The van der Waals surface area contributed by atoms with Crippen molar-refractivity contribution < 1.29 is 17.9 Å². The molecule has 0 N–H and O–H groups in total. The van der Waals surface area contributed by atoms with E-state index < -0.39 is 10.0 Å². The molecule has 0 saturated carbocycles. The molecule has 32 heavy (non-hydrogen) atoms. The molecule has 168 valence electrons. The first kappa shape index (κ1) is 23.6. The lowest BCUT2D eigenvalue weighted by Gasteiger charge is -2.28. The van der Waals surface area contributed by atoms with Gasteiger partial charge in [-0.2, -0.15) is 0 Å². The summed E-state index contributed by atoms with van der Waals surface area (Å²) in [6.45, 7) is 1.63. The van der Waals surface area contributed by atoms with Crippen molar-refractivity contribution in [3.05, 3.63) is 88.9 Å². The highest BCUT2D eigenvalue weighted by molar-refractivity contribution is 7.92. The number of likely N-dealkylation sites (N-methyl/N-ethyl adjacent to an activating group) is 1. The number of nitrogens with zero attached hydrogens (tertiary/aromatic N) is 2. The molecular weight excluding hydrogens is 448 g/mol. The van der Waals surface area contributed by atoms with Gasteiger partial charge >= 0.3 is 0 Å². The minimum Gasteiger partial charge on any atom is -0.496 e. The zero-order valence-electron chi connectivity index (χ0n) is 18.2. The van der Waals surface area contributed by atoms with E-state index in [2.05, 4.69) is 0 Å². The van der Waals surface area contributed by atoms with Gasteiger partial charge in [0.1, 0.15) is 12.3 Å². The van der Waals surface area contributed by atoms with Gasteiger partial charge in [0.25, 0.3) is 10.0 Å². The smallest absolute Gasteiger partial charge is 0.264 e. The molecule has 3 aromatic carbocycles. The normalized spacial score (nSPS) is 11.1. The maximum atomic E-state index is 13.5. The van der Waals surface area contributed by atoms with Crippen LogP contribution in [0, 0.1) is 6.92 Å². The molecule has 6 nitrogen and oxygen atoms in total. The zero-order valence-corrected chi connectivity index (χ0v) is 19.7. The van der Waals surface area contributed by atoms with E-state index in [0.29, 0.717) is 22.0 Å². The molecule has 0 aliphatic rings. The number of para-hydroxylation sites is 1. The first-order valence-electron chi connectivity index (χ1n) is 9.94. The minimum absolute atomic E-state index is 0.0968. The summed E-state index contributed by atoms with van der Waals surface area (Å²) in [4.78, 5) is 14.7. The van der Waals surface area contributed by atoms with Crippen LogP contribution in [0.1, 0.15) is 11.1 Å². The molecule has 8 heteroatoms. The monoisotopic (exact) mass is 472 g/mol. The molecule has 0 bridgehead atoms. The van der Waals surface area contributed by atoms with Gasteiger partial charge in [0.15, 0.2) is 0 Å². The van der Waals surface area contributed by atoms with Crippen LogP contribution in [0.4, 0.5) is 5.69 Å². The number of sulfonamides is 1. The summed E-state index contributed by atoms with van der Waals surface area (Å²) in [5.74, 6) is 0.293. The summed E-state index contributed by atoms with van der Waals surface area (Å²) in [6.07, 6.45) is 0. The molecule has 0 spiro atoms. The Balaban J connectivity index is 1.95. The second-order valence-electron chi connectivity index (χ2n) is 7.27. The van der Waals surface area contributed by atoms with Gasteiger partial charge in [0, 0.05) is 24.2 Å². The highest BCUT2D eigenvalue weighted by Gasteiger charge is 2.29. The van der Waals surface area contributed by atoms with Gasteiger partial charge in [0.2, 0.25) is 5.91 Å². The average molecular weight is 473 g/mol. The van der Waals surface area contributed by atoms with Crippen LogP contribution in [-0.4, -0.2) is 39.9 Å². The summed E-state index contributed by atoms with van der Waals surface area (Å²) >= 11 is 6.26. The van der Waals surface area contributed by atoms with Crippen LogP contribution in [0.25, 0.3) is 0 Å². The third-order valence-corrected chi connectivity index (χ3v) is 7.33. The molecule has 0 radical (unpaired) electrons. The molecule has 3 aromatic rings. The molecule has 0 aromatic heterocycles. The summed E-state index contributed by atoms with van der Waals surface area (Å²) < 4.78 is 33.5. The van der Waals surface area contributed by atoms with Crippen LogP contribution in [-0.2, 0) is 21.4 Å². The largest absolute Gasteiger partial charge is 0.496 e. The predicted molar refractivity (Wildman–Crippen MR) is 127 cm³/mol. The Hall–Kier alpha value is -3.03. The number of rotatable bonds is 8. The molecule has 0 atom stereocenters. The van der Waals surface area contributed by atoms with E-state index in [1.165, 1.54) is 17.0 Å². The van der Waals surface area contributed by atoms with Crippen molar-refractivity contribution >= 4 is 33.2 Å². The minimum atomic E-state index is -4.01. The number of carbonyl (C=O) groups excluding carboxylic acids is 1. The summed E-state index contributed by atoms with van der Waals surface area (Å²) in [7, 11) is -0.807. The fourth-order valence-electron chi connectivity index (χ4n) is 3.31. The Morgan fingerprint density at radius 1 is 0.969 bits per heavy atom. The summed E-state index contributed by atoms with van der Waals surface area (Å²) in [5, 5.41) is 0.422. The first-order chi connectivity index (χ1) is 15.3. The number of carbonyl (C=O) groups is 1. The fourth-order valence-corrected chi connectivity index (χ4v) is 4.97. The molecule has 0 saturated heterocycles. The molecule has 0 unspecified atom stereocenters. The van der Waals surface area contributed by atoms with Gasteiger partial charge in [0.05, 0.1) is 17.7 Å². The van der Waals surface area contributed by atoms with Crippen molar-refractivity contribution in [1.29, 1.82) is 0 Å². The molecule has 0 aliphatic heterocycles. The molecule has 3 rings (SSSR count). The number of benzene rings is 3. The highest BCUT2D eigenvalue weighted by Crippen LogP contribution is 2.31. The molecule has 1 amide bonds. The third-order valence-electron chi connectivity index (χ3n) is 5.14. The molecule has 0 heterocycles. The van der Waals surface area contributed by atoms with E-state index in [-0.39, 0.29) is 23.9 Å². The maximum Gasteiger partial charge on any atom is 0.264 e. The van der Waals surface area contributed by atoms with Crippen LogP contribution in [0.15, 0.2) is 77.7 Å². The van der Waals surface area contributed by atoms with Crippen molar-refractivity contribution in [2.75, 3.05) is 25.0 Å².